The van der Waals surface area contributed by atoms with Crippen molar-refractivity contribution in [3.05, 3.63) is 34.9 Å². The van der Waals surface area contributed by atoms with Crippen molar-refractivity contribution in [2.75, 3.05) is 0 Å². The molecule has 1 nitrogen and oxygen atoms in total. The fourth-order valence-corrected chi connectivity index (χ4v) is 2.28. The lowest BCUT2D eigenvalue weighted by atomic mass is 9.84. The summed E-state index contributed by atoms with van der Waals surface area (Å²) in [5, 5.41) is 9.72. The Morgan fingerprint density at radius 2 is 1.63 bits per heavy atom. The van der Waals surface area contributed by atoms with E-state index in [1.807, 2.05) is 13.8 Å². The summed E-state index contributed by atoms with van der Waals surface area (Å²) in [4.78, 5) is 0. The van der Waals surface area contributed by atoms with E-state index in [-0.39, 0.29) is 5.41 Å². The van der Waals surface area contributed by atoms with Crippen molar-refractivity contribution in [1.82, 2.24) is 0 Å². The summed E-state index contributed by atoms with van der Waals surface area (Å²) in [6, 6.07) is 6.85. The number of unbranched alkanes of at least 4 members (excludes halogenated alkanes) is 1. The molecule has 0 aliphatic carbocycles. The molecule has 1 rings (SSSR count). The number of rotatable bonds is 5. The van der Waals surface area contributed by atoms with E-state index in [4.69, 9.17) is 0 Å². The molecule has 0 radical (unpaired) electrons. The summed E-state index contributed by atoms with van der Waals surface area (Å²) in [6.45, 7) is 12.7. The molecule has 0 aliphatic heterocycles. The van der Waals surface area contributed by atoms with Gasteiger partial charge in [0.2, 0.25) is 0 Å². The summed E-state index contributed by atoms with van der Waals surface area (Å²) in [5.74, 6) is 0. The molecule has 0 amide bonds. The van der Waals surface area contributed by atoms with Crippen molar-refractivity contribution < 1.29 is 5.11 Å². The van der Waals surface area contributed by atoms with Crippen LogP contribution in [0.25, 0.3) is 0 Å². The lowest BCUT2D eigenvalue weighted by Gasteiger charge is -2.21. The van der Waals surface area contributed by atoms with Crippen molar-refractivity contribution in [2.45, 2.75) is 78.2 Å². The maximum absolute atomic E-state index is 9.72. The van der Waals surface area contributed by atoms with Crippen molar-refractivity contribution >= 4 is 0 Å². The predicted molar refractivity (Wildman–Crippen MR) is 83.7 cm³/mol. The van der Waals surface area contributed by atoms with Crippen LogP contribution in [0.15, 0.2) is 18.2 Å². The average molecular weight is 262 g/mol. The van der Waals surface area contributed by atoms with Crippen LogP contribution in [-0.4, -0.2) is 10.7 Å². The van der Waals surface area contributed by atoms with E-state index in [2.05, 4.69) is 45.9 Å². The quantitative estimate of drug-likeness (QED) is 0.757. The Bertz CT molecular complexity index is 405. The highest BCUT2D eigenvalue weighted by Crippen LogP contribution is 2.25. The van der Waals surface area contributed by atoms with Crippen LogP contribution in [0.2, 0.25) is 0 Å². The van der Waals surface area contributed by atoms with E-state index in [0.717, 1.165) is 25.7 Å². The maximum Gasteiger partial charge on any atom is 0.0591 e. The first kappa shape index (κ1) is 16.2. The van der Waals surface area contributed by atoms with Crippen molar-refractivity contribution in [3.8, 4) is 0 Å². The van der Waals surface area contributed by atoms with Crippen LogP contribution >= 0.6 is 0 Å². The van der Waals surface area contributed by atoms with E-state index in [1.54, 1.807) is 0 Å². The first-order chi connectivity index (χ1) is 8.59. The lowest BCUT2D eigenvalue weighted by Crippen LogP contribution is -2.17. The molecule has 0 spiro atoms. The molecule has 0 heterocycles. The monoisotopic (exact) mass is 262 g/mol. The maximum atomic E-state index is 9.72. The van der Waals surface area contributed by atoms with Gasteiger partial charge < -0.3 is 5.11 Å². The zero-order chi connectivity index (χ0) is 14.7. The Hall–Kier alpha value is -0.820. The van der Waals surface area contributed by atoms with Crippen molar-refractivity contribution in [2.24, 2.45) is 0 Å². The molecule has 0 bridgehead atoms. The molecule has 1 N–H and O–H groups in total. The topological polar surface area (TPSA) is 20.2 Å². The highest BCUT2D eigenvalue weighted by atomic mass is 16.3. The van der Waals surface area contributed by atoms with Crippen molar-refractivity contribution in [3.63, 3.8) is 0 Å². The summed E-state index contributed by atoms with van der Waals surface area (Å²) >= 11 is 0. The molecule has 19 heavy (non-hydrogen) atoms. The number of aliphatic hydroxyl groups is 1. The molecule has 0 saturated heterocycles. The smallest absolute Gasteiger partial charge is 0.0591 e. The highest BCUT2D eigenvalue weighted by Gasteiger charge is 2.15. The minimum Gasteiger partial charge on any atom is -0.390 e. The SMILES string of the molecule is Cc1ccc(C(C)(C)C)cc1CCCCC(C)(C)O. The largest absolute Gasteiger partial charge is 0.390 e. The van der Waals surface area contributed by atoms with E-state index >= 15 is 0 Å². The Morgan fingerprint density at radius 3 is 2.16 bits per heavy atom. The van der Waals surface area contributed by atoms with Gasteiger partial charge in [-0.05, 0) is 62.1 Å². The molecule has 1 heteroatoms. The van der Waals surface area contributed by atoms with E-state index < -0.39 is 5.60 Å². The van der Waals surface area contributed by atoms with E-state index in [0.29, 0.717) is 0 Å². The number of benzene rings is 1. The van der Waals surface area contributed by atoms with Crippen LogP contribution in [0.4, 0.5) is 0 Å². The molecule has 0 unspecified atom stereocenters. The van der Waals surface area contributed by atoms with Gasteiger partial charge in [0.05, 0.1) is 5.60 Å². The van der Waals surface area contributed by atoms with Crippen LogP contribution in [0.5, 0.6) is 0 Å². The summed E-state index contributed by atoms with van der Waals surface area (Å²) < 4.78 is 0. The third-order valence-electron chi connectivity index (χ3n) is 3.70. The number of hydrogen-bond donors (Lipinski definition) is 1. The molecule has 108 valence electrons. The summed E-state index contributed by atoms with van der Waals surface area (Å²) in [5.41, 5.74) is 3.95. The molecule has 0 fully saturated rings. The van der Waals surface area contributed by atoms with Crippen LogP contribution in [0, 0.1) is 6.92 Å². The van der Waals surface area contributed by atoms with Gasteiger partial charge in [-0.2, -0.15) is 0 Å². The van der Waals surface area contributed by atoms with Gasteiger partial charge >= 0.3 is 0 Å². The lowest BCUT2D eigenvalue weighted by molar-refractivity contribution is 0.0682. The Balaban J connectivity index is 2.63. The van der Waals surface area contributed by atoms with Crippen molar-refractivity contribution in [1.29, 1.82) is 0 Å². The minimum atomic E-state index is -0.525. The molecular weight excluding hydrogens is 232 g/mol. The molecule has 0 saturated carbocycles. The minimum absolute atomic E-state index is 0.218. The van der Waals surface area contributed by atoms with Crippen LogP contribution in [0.3, 0.4) is 0 Å². The van der Waals surface area contributed by atoms with Crippen LogP contribution in [-0.2, 0) is 11.8 Å². The summed E-state index contributed by atoms with van der Waals surface area (Å²) in [6.07, 6.45) is 4.23. The van der Waals surface area contributed by atoms with E-state index in [9.17, 15) is 5.11 Å². The van der Waals surface area contributed by atoms with Gasteiger partial charge in [-0.25, -0.2) is 0 Å². The second-order valence-electron chi connectivity index (χ2n) is 7.41. The van der Waals surface area contributed by atoms with Gasteiger partial charge in [0.25, 0.3) is 0 Å². The van der Waals surface area contributed by atoms with Crippen LogP contribution in [0.1, 0.15) is 70.6 Å². The fourth-order valence-electron chi connectivity index (χ4n) is 2.28. The number of hydrogen-bond acceptors (Lipinski definition) is 1. The molecule has 0 aromatic heterocycles. The van der Waals surface area contributed by atoms with Gasteiger partial charge in [0.1, 0.15) is 0 Å². The molecule has 0 aliphatic rings. The molecular formula is C18H30O. The predicted octanol–water partition coefficient (Wildman–Crippen LogP) is 4.78. The molecule has 0 atom stereocenters. The standard InChI is InChI=1S/C18H30O/c1-14-10-11-16(17(2,3)4)13-15(14)9-7-8-12-18(5,6)19/h10-11,13,19H,7-9,12H2,1-6H3. The zero-order valence-corrected chi connectivity index (χ0v) is 13.5. The van der Waals surface area contributed by atoms with E-state index in [1.165, 1.54) is 16.7 Å². The Morgan fingerprint density at radius 1 is 1.00 bits per heavy atom. The van der Waals surface area contributed by atoms with Gasteiger partial charge in [0, 0.05) is 0 Å². The zero-order valence-electron chi connectivity index (χ0n) is 13.5. The van der Waals surface area contributed by atoms with Gasteiger partial charge in [-0.1, -0.05) is 45.4 Å². The van der Waals surface area contributed by atoms with Gasteiger partial charge in [0.15, 0.2) is 0 Å². The first-order valence-electron chi connectivity index (χ1n) is 7.42. The Kier molecular flexibility index (Phi) is 5.20. The average Bonchev–Trinajstić information content (AvgIpc) is 2.23. The molecule has 1 aromatic rings. The second-order valence-corrected chi connectivity index (χ2v) is 7.41. The van der Waals surface area contributed by atoms with Crippen LogP contribution < -0.4 is 0 Å². The van der Waals surface area contributed by atoms with Gasteiger partial charge in [-0.3, -0.25) is 0 Å². The van der Waals surface area contributed by atoms with Gasteiger partial charge in [-0.15, -0.1) is 0 Å². The third kappa shape index (κ3) is 5.78. The third-order valence-corrected chi connectivity index (χ3v) is 3.70. The fraction of sp³-hybridized carbons (Fsp3) is 0.667. The second kappa shape index (κ2) is 6.09. The molecule has 1 aromatic carbocycles. The first-order valence-corrected chi connectivity index (χ1v) is 7.42. The highest BCUT2D eigenvalue weighted by molar-refractivity contribution is 5.34. The normalized spacial score (nSPS) is 12.8. The summed E-state index contributed by atoms with van der Waals surface area (Å²) in [7, 11) is 0. The number of aryl methyl sites for hydroxylation is 2. The Labute approximate surface area is 119 Å².